The van der Waals surface area contributed by atoms with Crippen molar-refractivity contribution in [3.63, 3.8) is 0 Å². The van der Waals surface area contributed by atoms with E-state index < -0.39 is 0 Å². The molecule has 0 spiro atoms. The summed E-state index contributed by atoms with van der Waals surface area (Å²) >= 11 is 0. The fourth-order valence-electron chi connectivity index (χ4n) is 7.67. The van der Waals surface area contributed by atoms with Crippen molar-refractivity contribution in [2.24, 2.45) is 0 Å². The highest BCUT2D eigenvalue weighted by molar-refractivity contribution is 7.00. The molecule has 0 atom stereocenters. The van der Waals surface area contributed by atoms with Crippen molar-refractivity contribution in [3.8, 4) is 5.69 Å². The average Bonchev–Trinajstić information content (AvgIpc) is 3.54. The summed E-state index contributed by atoms with van der Waals surface area (Å²) in [5.74, 6) is 1.25. The third kappa shape index (κ3) is 2.18. The fraction of sp³-hybridized carbons (Fsp3) is 0.152. The van der Waals surface area contributed by atoms with Crippen LogP contribution in [0.2, 0.25) is 0 Å². The number of para-hydroxylation sites is 2. The smallest absolute Gasteiger partial charge is 0.252 e. The minimum Gasteiger partial charge on any atom is -0.329 e. The molecular formula is C33H27BN4. The SMILES string of the molecule is CC/C=C1\N(C)c2cccc3c2N1c1cccc2c1B3c1cccc3c1n-2c1cc2c(C)cc(C)cc2n31. The minimum absolute atomic E-state index is 0.201. The second-order valence-electron chi connectivity index (χ2n) is 11.1. The highest BCUT2D eigenvalue weighted by atomic mass is 15.4. The largest absolute Gasteiger partial charge is 0.329 e. The van der Waals surface area contributed by atoms with Crippen molar-refractivity contribution >= 4 is 67.7 Å². The van der Waals surface area contributed by atoms with Crippen molar-refractivity contribution in [2.75, 3.05) is 16.8 Å². The van der Waals surface area contributed by atoms with Crippen LogP contribution in [0.3, 0.4) is 0 Å². The van der Waals surface area contributed by atoms with Gasteiger partial charge in [-0.1, -0.05) is 43.3 Å². The van der Waals surface area contributed by atoms with Gasteiger partial charge < -0.3 is 4.90 Å². The predicted octanol–water partition coefficient (Wildman–Crippen LogP) is 5.64. The van der Waals surface area contributed by atoms with Gasteiger partial charge in [0.15, 0.2) is 0 Å². The maximum absolute atomic E-state index is 2.53. The number of benzene rings is 4. The van der Waals surface area contributed by atoms with Gasteiger partial charge >= 0.3 is 0 Å². The van der Waals surface area contributed by atoms with Crippen LogP contribution in [0.25, 0.3) is 33.3 Å². The van der Waals surface area contributed by atoms with E-state index in [1.54, 1.807) is 0 Å². The number of hydrogen-bond donors (Lipinski definition) is 0. The molecule has 0 fully saturated rings. The number of aryl methyl sites for hydroxylation is 2. The summed E-state index contributed by atoms with van der Waals surface area (Å²) in [6.45, 7) is 6.86. The number of aromatic nitrogens is 2. The zero-order valence-corrected chi connectivity index (χ0v) is 22.1. The number of nitrogens with zero attached hydrogens (tertiary/aromatic N) is 4. The van der Waals surface area contributed by atoms with Crippen LogP contribution in [0.1, 0.15) is 24.5 Å². The van der Waals surface area contributed by atoms with E-state index >= 15 is 0 Å². The number of rotatable bonds is 1. The molecule has 0 N–H and O–H groups in total. The molecule has 4 aromatic carbocycles. The fourth-order valence-corrected chi connectivity index (χ4v) is 7.67. The molecule has 2 aromatic heterocycles. The van der Waals surface area contributed by atoms with Crippen LogP contribution in [0.15, 0.2) is 84.7 Å². The van der Waals surface area contributed by atoms with Crippen molar-refractivity contribution in [3.05, 3.63) is 95.8 Å². The van der Waals surface area contributed by atoms with Crippen LogP contribution < -0.4 is 26.2 Å². The van der Waals surface area contributed by atoms with Gasteiger partial charge in [-0.2, -0.15) is 0 Å². The summed E-state index contributed by atoms with van der Waals surface area (Å²) in [6, 6.07) is 27.7. The summed E-state index contributed by atoms with van der Waals surface area (Å²) in [5.41, 5.74) is 17.2. The van der Waals surface area contributed by atoms with Gasteiger partial charge in [0.2, 0.25) is 0 Å². The van der Waals surface area contributed by atoms with Crippen LogP contribution in [0.4, 0.5) is 17.1 Å². The molecule has 4 nitrogen and oxygen atoms in total. The Morgan fingerprint density at radius 2 is 1.58 bits per heavy atom. The van der Waals surface area contributed by atoms with Gasteiger partial charge in [0.05, 0.1) is 27.9 Å². The second-order valence-corrected chi connectivity index (χ2v) is 11.1. The lowest BCUT2D eigenvalue weighted by Crippen LogP contribution is -2.60. The molecule has 0 amide bonds. The molecule has 0 unspecified atom stereocenters. The molecule has 182 valence electrons. The first-order valence-electron chi connectivity index (χ1n) is 13.6. The Balaban J connectivity index is 1.49. The summed E-state index contributed by atoms with van der Waals surface area (Å²) in [7, 11) is 2.21. The van der Waals surface area contributed by atoms with E-state index in [1.165, 1.54) is 83.7 Å². The standard InChI is InChI=1S/C33H27BN4/c1-5-9-29-35(4)26-14-6-10-22-32(26)37(29)24-12-8-13-25-31(24)34(22)23-11-7-15-27-33(23)38(25)30-18-21-20(3)16-19(2)17-28(21)36(27)30/h6-18H,5H2,1-4H3/b29-9+. The van der Waals surface area contributed by atoms with Crippen LogP contribution in [-0.2, 0) is 0 Å². The Labute approximate surface area is 222 Å². The highest BCUT2D eigenvalue weighted by Crippen LogP contribution is 2.47. The van der Waals surface area contributed by atoms with E-state index in [1.807, 2.05) is 0 Å². The Hall–Kier alpha value is -4.38. The molecule has 0 saturated carbocycles. The van der Waals surface area contributed by atoms with Crippen molar-refractivity contribution in [1.82, 2.24) is 8.97 Å². The zero-order chi connectivity index (χ0) is 25.4. The normalized spacial score (nSPS) is 15.9. The lowest BCUT2D eigenvalue weighted by Gasteiger charge is -2.37. The van der Waals surface area contributed by atoms with Crippen molar-refractivity contribution in [1.29, 1.82) is 0 Å². The zero-order valence-electron chi connectivity index (χ0n) is 22.1. The van der Waals surface area contributed by atoms with Gasteiger partial charge in [0.25, 0.3) is 6.71 Å². The van der Waals surface area contributed by atoms with E-state index in [2.05, 4.69) is 125 Å². The second kappa shape index (κ2) is 6.73. The molecule has 3 aliphatic rings. The Morgan fingerprint density at radius 3 is 2.45 bits per heavy atom. The van der Waals surface area contributed by atoms with E-state index in [9.17, 15) is 0 Å². The van der Waals surface area contributed by atoms with Crippen molar-refractivity contribution < 1.29 is 0 Å². The summed E-state index contributed by atoms with van der Waals surface area (Å²) in [6.07, 6.45) is 3.35. The van der Waals surface area contributed by atoms with Gasteiger partial charge in [-0.15, -0.1) is 0 Å². The molecule has 9 rings (SSSR count). The van der Waals surface area contributed by atoms with E-state index in [-0.39, 0.29) is 6.71 Å². The maximum Gasteiger partial charge on any atom is 0.252 e. The first kappa shape index (κ1) is 20.7. The quantitative estimate of drug-likeness (QED) is 0.277. The molecule has 0 saturated heterocycles. The van der Waals surface area contributed by atoms with Gasteiger partial charge in [-0.3, -0.25) is 13.9 Å². The molecule has 0 bridgehead atoms. The Kier molecular flexibility index (Phi) is 3.66. The van der Waals surface area contributed by atoms with Crippen molar-refractivity contribution in [2.45, 2.75) is 27.2 Å². The van der Waals surface area contributed by atoms with Crippen LogP contribution in [0.5, 0.6) is 0 Å². The van der Waals surface area contributed by atoms with Gasteiger partial charge in [-0.05, 0) is 90.3 Å². The van der Waals surface area contributed by atoms with E-state index in [4.69, 9.17) is 0 Å². The highest BCUT2D eigenvalue weighted by Gasteiger charge is 2.46. The lowest BCUT2D eigenvalue weighted by atomic mass is 9.34. The minimum atomic E-state index is 0.201. The number of anilines is 3. The number of allylic oxidation sites excluding steroid dienone is 1. The maximum atomic E-state index is 2.53. The number of imidazole rings is 1. The third-order valence-electron chi connectivity index (χ3n) is 9.04. The molecular weight excluding hydrogens is 463 g/mol. The Bertz CT molecular complexity index is 2070. The number of fused-ring (bicyclic) bond motifs is 9. The Morgan fingerprint density at radius 1 is 0.816 bits per heavy atom. The van der Waals surface area contributed by atoms with Crippen LogP contribution in [-0.4, -0.2) is 22.7 Å². The third-order valence-corrected chi connectivity index (χ3v) is 9.04. The van der Waals surface area contributed by atoms with Gasteiger partial charge in [0, 0.05) is 23.8 Å². The first-order chi connectivity index (χ1) is 18.6. The van der Waals surface area contributed by atoms with E-state index in [0.29, 0.717) is 0 Å². The average molecular weight is 490 g/mol. The summed E-state index contributed by atoms with van der Waals surface area (Å²) < 4.78 is 5.02. The van der Waals surface area contributed by atoms with Crippen LogP contribution >= 0.6 is 0 Å². The van der Waals surface area contributed by atoms with Crippen LogP contribution in [0, 0.1) is 13.8 Å². The summed E-state index contributed by atoms with van der Waals surface area (Å²) in [4.78, 5) is 4.88. The van der Waals surface area contributed by atoms with Gasteiger partial charge in [-0.25, -0.2) is 0 Å². The first-order valence-corrected chi connectivity index (χ1v) is 13.6. The van der Waals surface area contributed by atoms with Gasteiger partial charge in [0.1, 0.15) is 11.5 Å². The summed E-state index contributed by atoms with van der Waals surface area (Å²) in [5, 5.41) is 1.33. The molecule has 0 aliphatic carbocycles. The number of hydrogen-bond acceptors (Lipinski definition) is 2. The van der Waals surface area contributed by atoms with E-state index in [0.717, 1.165) is 6.42 Å². The molecule has 38 heavy (non-hydrogen) atoms. The molecule has 3 aliphatic heterocycles. The lowest BCUT2D eigenvalue weighted by molar-refractivity contribution is 1.04. The topological polar surface area (TPSA) is 15.8 Å². The molecule has 0 radical (unpaired) electrons. The molecule has 5 heteroatoms. The monoisotopic (exact) mass is 490 g/mol. The molecule has 6 aromatic rings. The predicted molar refractivity (Wildman–Crippen MR) is 161 cm³/mol. The molecule has 5 heterocycles.